The van der Waals surface area contributed by atoms with Gasteiger partial charge < -0.3 is 14.2 Å². The molecule has 1 aliphatic rings. The van der Waals surface area contributed by atoms with Crippen LogP contribution < -0.4 is 24.4 Å². The number of allylic oxidation sites excluding steroid dienone is 1. The zero-order valence-corrected chi connectivity index (χ0v) is 27.5. The van der Waals surface area contributed by atoms with Crippen LogP contribution in [0.25, 0.3) is 6.08 Å². The van der Waals surface area contributed by atoms with Crippen molar-refractivity contribution in [3.8, 4) is 11.5 Å². The zero-order chi connectivity index (χ0) is 34.5. The molecule has 0 amide bonds. The summed E-state index contributed by atoms with van der Waals surface area (Å²) < 4.78 is 61.9. The van der Waals surface area contributed by atoms with Crippen molar-refractivity contribution >= 4 is 35.0 Å². The van der Waals surface area contributed by atoms with Crippen molar-refractivity contribution < 1.29 is 32.2 Å². The third-order valence-electron chi connectivity index (χ3n) is 7.54. The van der Waals surface area contributed by atoms with Gasteiger partial charge in [0.2, 0.25) is 0 Å². The molecule has 0 saturated heterocycles. The number of carbonyl (C=O) groups is 1. The first-order valence-electron chi connectivity index (χ1n) is 15.2. The van der Waals surface area contributed by atoms with E-state index in [0.717, 1.165) is 27.0 Å². The standard InChI is InChI=1S/C37H28ClF3N2O5S/c1-2-46-35(45)31-32(25-13-16-27(38)17-14-25)43-34(44)30(49-36(43)42-33(31)37(39,40)41)19-26-15-18-28(47-21-23-9-5-3-6-10-23)20-29(26)48-22-24-11-7-4-8-12-24/h3-20,32H,2,21-22H2,1H3/b30-19+/t32-/m1/s1. The molecule has 12 heteroatoms. The maximum absolute atomic E-state index is 14.5. The summed E-state index contributed by atoms with van der Waals surface area (Å²) in [6, 6.07) is 28.6. The molecule has 1 atom stereocenters. The molecule has 49 heavy (non-hydrogen) atoms. The lowest BCUT2D eigenvalue weighted by Crippen LogP contribution is -2.41. The van der Waals surface area contributed by atoms with Gasteiger partial charge in [-0.05, 0) is 54.0 Å². The van der Waals surface area contributed by atoms with E-state index in [1.807, 2.05) is 60.7 Å². The summed E-state index contributed by atoms with van der Waals surface area (Å²) in [6.45, 7) is 1.82. The SMILES string of the molecule is CCOC(=O)C1=C(C(F)(F)F)N=c2s/c(=C/c3ccc(OCc4ccccc4)cc3OCc3ccccc3)c(=O)n2[C@@H]1c1ccc(Cl)cc1. The Morgan fingerprint density at radius 1 is 0.918 bits per heavy atom. The predicted octanol–water partition coefficient (Wildman–Crippen LogP) is 7.15. The highest BCUT2D eigenvalue weighted by atomic mass is 35.5. The number of fused-ring (bicyclic) bond motifs is 1. The van der Waals surface area contributed by atoms with Crippen LogP contribution in [0, 0.1) is 0 Å². The molecule has 7 nitrogen and oxygen atoms in total. The van der Waals surface area contributed by atoms with Crippen molar-refractivity contribution in [1.82, 2.24) is 4.57 Å². The second kappa shape index (κ2) is 14.6. The van der Waals surface area contributed by atoms with Crippen LogP contribution in [0.4, 0.5) is 13.2 Å². The molecule has 0 fully saturated rings. The topological polar surface area (TPSA) is 79.1 Å². The summed E-state index contributed by atoms with van der Waals surface area (Å²) in [7, 11) is 0. The van der Waals surface area contributed by atoms with Gasteiger partial charge >= 0.3 is 12.1 Å². The Kier molecular flexibility index (Phi) is 10.0. The van der Waals surface area contributed by atoms with Crippen molar-refractivity contribution in [3.63, 3.8) is 0 Å². The Morgan fingerprint density at radius 2 is 1.55 bits per heavy atom. The van der Waals surface area contributed by atoms with Crippen LogP contribution in [0.1, 0.15) is 35.2 Å². The van der Waals surface area contributed by atoms with Crippen LogP contribution in [0.5, 0.6) is 11.5 Å². The van der Waals surface area contributed by atoms with E-state index in [1.165, 1.54) is 37.3 Å². The lowest BCUT2D eigenvalue weighted by molar-refractivity contribution is -0.140. The fraction of sp³-hybridized carbons (Fsp3) is 0.162. The third kappa shape index (κ3) is 7.63. The van der Waals surface area contributed by atoms with Gasteiger partial charge in [-0.1, -0.05) is 95.7 Å². The van der Waals surface area contributed by atoms with Gasteiger partial charge in [-0.25, -0.2) is 9.79 Å². The minimum atomic E-state index is -5.02. The van der Waals surface area contributed by atoms with Crippen LogP contribution in [0.15, 0.2) is 124 Å². The van der Waals surface area contributed by atoms with E-state index in [0.29, 0.717) is 28.7 Å². The molecule has 0 radical (unpaired) electrons. The predicted molar refractivity (Wildman–Crippen MR) is 180 cm³/mol. The first-order chi connectivity index (χ1) is 23.6. The quantitative estimate of drug-likeness (QED) is 0.144. The molecule has 0 spiro atoms. The van der Waals surface area contributed by atoms with E-state index in [2.05, 4.69) is 4.99 Å². The molecule has 0 unspecified atom stereocenters. The van der Waals surface area contributed by atoms with Crippen LogP contribution >= 0.6 is 22.9 Å². The highest BCUT2D eigenvalue weighted by Crippen LogP contribution is 2.38. The monoisotopic (exact) mass is 704 g/mol. The molecule has 6 rings (SSSR count). The number of aromatic nitrogens is 1. The molecular weight excluding hydrogens is 677 g/mol. The number of carbonyl (C=O) groups excluding carboxylic acids is 1. The van der Waals surface area contributed by atoms with Crippen molar-refractivity contribution in [1.29, 1.82) is 0 Å². The molecule has 0 saturated carbocycles. The number of alkyl halides is 3. The molecule has 0 N–H and O–H groups in total. The number of rotatable bonds is 10. The molecule has 1 aromatic heterocycles. The van der Waals surface area contributed by atoms with Crippen molar-refractivity contribution in [3.05, 3.63) is 161 Å². The Hall–Kier alpha value is -5.13. The molecule has 5 aromatic rings. The van der Waals surface area contributed by atoms with E-state index in [9.17, 15) is 22.8 Å². The zero-order valence-electron chi connectivity index (χ0n) is 25.9. The molecular formula is C37H28ClF3N2O5S. The number of esters is 1. The number of hydrogen-bond donors (Lipinski definition) is 0. The minimum Gasteiger partial charge on any atom is -0.489 e. The van der Waals surface area contributed by atoms with Gasteiger partial charge in [0.15, 0.2) is 10.5 Å². The number of halogens is 4. The fourth-order valence-electron chi connectivity index (χ4n) is 5.27. The first kappa shape index (κ1) is 33.8. The normalized spacial score (nSPS) is 14.6. The van der Waals surface area contributed by atoms with E-state index in [4.69, 9.17) is 25.8 Å². The molecule has 0 aliphatic carbocycles. The highest BCUT2D eigenvalue weighted by Gasteiger charge is 2.45. The van der Waals surface area contributed by atoms with E-state index < -0.39 is 35.0 Å². The average molecular weight is 705 g/mol. The molecule has 1 aliphatic heterocycles. The highest BCUT2D eigenvalue weighted by molar-refractivity contribution is 7.07. The first-order valence-corrected chi connectivity index (χ1v) is 16.3. The number of thiazole rings is 1. The van der Waals surface area contributed by atoms with E-state index in [1.54, 1.807) is 18.2 Å². The minimum absolute atomic E-state index is 0.0758. The number of benzene rings is 4. The maximum Gasteiger partial charge on any atom is 0.434 e. The lowest BCUT2D eigenvalue weighted by atomic mass is 9.95. The second-order valence-electron chi connectivity index (χ2n) is 10.9. The largest absolute Gasteiger partial charge is 0.489 e. The maximum atomic E-state index is 14.5. The third-order valence-corrected chi connectivity index (χ3v) is 8.77. The molecule has 250 valence electrons. The Morgan fingerprint density at radius 3 is 2.16 bits per heavy atom. The van der Waals surface area contributed by atoms with Crippen LogP contribution in [-0.2, 0) is 22.7 Å². The molecule has 0 bridgehead atoms. The van der Waals surface area contributed by atoms with Gasteiger partial charge in [-0.2, -0.15) is 13.2 Å². The summed E-state index contributed by atoms with van der Waals surface area (Å²) in [5.74, 6) is -0.324. The summed E-state index contributed by atoms with van der Waals surface area (Å²) in [5.41, 5.74) is -0.286. The van der Waals surface area contributed by atoms with Crippen molar-refractivity contribution in [2.75, 3.05) is 6.61 Å². The van der Waals surface area contributed by atoms with Gasteiger partial charge in [0.25, 0.3) is 5.56 Å². The number of ether oxygens (including phenoxy) is 3. The molecule has 2 heterocycles. The Balaban J connectivity index is 1.47. The Labute approximate surface area is 287 Å². The Bertz CT molecular complexity index is 2180. The van der Waals surface area contributed by atoms with Gasteiger partial charge in [-0.3, -0.25) is 9.36 Å². The van der Waals surface area contributed by atoms with Crippen LogP contribution in [0.2, 0.25) is 5.02 Å². The smallest absolute Gasteiger partial charge is 0.434 e. The van der Waals surface area contributed by atoms with Crippen LogP contribution in [-0.4, -0.2) is 23.3 Å². The summed E-state index contributed by atoms with van der Waals surface area (Å²) in [5, 5.41) is 0.327. The summed E-state index contributed by atoms with van der Waals surface area (Å²) in [6.07, 6.45) is -3.48. The van der Waals surface area contributed by atoms with Gasteiger partial charge in [0, 0.05) is 16.7 Å². The molecule has 4 aromatic carbocycles. The van der Waals surface area contributed by atoms with Crippen LogP contribution in [0.3, 0.4) is 0 Å². The number of hydrogen-bond acceptors (Lipinski definition) is 7. The number of nitrogens with zero attached hydrogens (tertiary/aromatic N) is 2. The van der Waals surface area contributed by atoms with E-state index >= 15 is 0 Å². The lowest BCUT2D eigenvalue weighted by Gasteiger charge is -2.26. The van der Waals surface area contributed by atoms with Gasteiger partial charge in [0.05, 0.1) is 22.8 Å². The summed E-state index contributed by atoms with van der Waals surface area (Å²) in [4.78, 5) is 30.8. The summed E-state index contributed by atoms with van der Waals surface area (Å²) >= 11 is 6.84. The van der Waals surface area contributed by atoms with Crippen molar-refractivity contribution in [2.45, 2.75) is 32.4 Å². The second-order valence-corrected chi connectivity index (χ2v) is 12.3. The average Bonchev–Trinajstić information content (AvgIpc) is 3.41. The van der Waals surface area contributed by atoms with E-state index in [-0.39, 0.29) is 28.1 Å². The fourth-order valence-corrected chi connectivity index (χ4v) is 6.38. The van der Waals surface area contributed by atoms with Gasteiger partial charge in [-0.15, -0.1) is 0 Å². The van der Waals surface area contributed by atoms with Crippen molar-refractivity contribution in [2.24, 2.45) is 4.99 Å². The van der Waals surface area contributed by atoms with Gasteiger partial charge in [0.1, 0.15) is 24.7 Å².